The lowest BCUT2D eigenvalue weighted by Crippen LogP contribution is -2.57. The zero-order valence-electron chi connectivity index (χ0n) is 33.8. The Morgan fingerprint density at radius 2 is 1.58 bits per heavy atom. The lowest BCUT2D eigenvalue weighted by molar-refractivity contribution is -0.132. The van der Waals surface area contributed by atoms with E-state index >= 15 is 0 Å². The Balaban J connectivity index is 1.31. The molecule has 316 valence electrons. The molecule has 1 aliphatic carbocycles. The number of primary amides is 1. The Hall–Kier alpha value is -5.57. The standard InChI is InChI=1S/C45H59N7O7/c1-2-11-32-14-9-4-3-5-10-15-41(32)59-28-35(54)27-47-39(24-30-12-7-6-8-13-30)44(57)52-40(25-31-16-19-34(53)20-17-31)45(58)51-37(22-23-42(46)55)43(56)50-33-18-21-36-38(26-33)49-29-48-36/h6-8,11-13,16-21,26,29,35,37,39-41,47,53-54H,2-5,9-10,14-15,22-25,27-28H2,1H3,(H2,46,55)(H,48,49)(H,50,56)(H,51,58)(H,52,57)/b32-11-. The zero-order chi connectivity index (χ0) is 42.0. The second-order valence-corrected chi connectivity index (χ2v) is 15.2. The van der Waals surface area contributed by atoms with Crippen molar-refractivity contribution in [2.75, 3.05) is 18.5 Å². The largest absolute Gasteiger partial charge is 0.508 e. The zero-order valence-corrected chi connectivity index (χ0v) is 33.8. The Labute approximate surface area is 345 Å². The number of phenols is 1. The number of nitrogens with zero attached hydrogens (tertiary/aromatic N) is 1. The molecule has 1 aliphatic rings. The predicted molar refractivity (Wildman–Crippen MR) is 227 cm³/mol. The Morgan fingerprint density at radius 3 is 2.34 bits per heavy atom. The van der Waals surface area contributed by atoms with E-state index in [9.17, 15) is 29.4 Å². The van der Waals surface area contributed by atoms with Gasteiger partial charge >= 0.3 is 0 Å². The van der Waals surface area contributed by atoms with Gasteiger partial charge in [0.15, 0.2) is 0 Å². The molecule has 5 atom stereocenters. The molecule has 14 nitrogen and oxygen atoms in total. The molecule has 1 heterocycles. The molecule has 0 aliphatic heterocycles. The van der Waals surface area contributed by atoms with Crippen molar-refractivity contribution in [3.05, 3.63) is 102 Å². The number of aromatic hydroxyl groups is 1. The summed E-state index contributed by atoms with van der Waals surface area (Å²) >= 11 is 0. The first-order chi connectivity index (χ1) is 28.6. The number of carbonyl (C=O) groups excluding carboxylic acids is 4. The highest BCUT2D eigenvalue weighted by atomic mass is 16.5. The van der Waals surface area contributed by atoms with Crippen LogP contribution in [0.25, 0.3) is 11.0 Å². The summed E-state index contributed by atoms with van der Waals surface area (Å²) in [4.78, 5) is 61.0. The number of aliphatic hydroxyl groups excluding tert-OH is 1. The molecule has 0 bridgehead atoms. The molecule has 0 spiro atoms. The van der Waals surface area contributed by atoms with E-state index in [-0.39, 0.29) is 50.7 Å². The summed E-state index contributed by atoms with van der Waals surface area (Å²) in [6.07, 6.45) is 11.4. The number of anilines is 1. The van der Waals surface area contributed by atoms with Gasteiger partial charge in [0.25, 0.3) is 0 Å². The van der Waals surface area contributed by atoms with Gasteiger partial charge in [-0.25, -0.2) is 4.98 Å². The number of H-pyrrole nitrogens is 1. The Bertz CT molecular complexity index is 1990. The molecule has 14 heteroatoms. The molecule has 1 aromatic heterocycles. The van der Waals surface area contributed by atoms with Gasteiger partial charge in [0.2, 0.25) is 23.6 Å². The van der Waals surface area contributed by atoms with Crippen LogP contribution in [0.4, 0.5) is 5.69 Å². The first kappa shape index (κ1) is 44.5. The smallest absolute Gasteiger partial charge is 0.246 e. The average Bonchev–Trinajstić information content (AvgIpc) is 3.73. The quantitative estimate of drug-likeness (QED) is 0.0579. The maximum Gasteiger partial charge on any atom is 0.246 e. The maximum atomic E-state index is 14.2. The SMILES string of the molecule is CC/C=C1/CCCCCCCC1OCC(O)CNC(Cc1ccccc1)C(=O)NC(Cc1ccc(O)cc1)C(=O)NC(CCC(N)=O)C(=O)Nc1ccc2nc[nH]c2c1. The van der Waals surface area contributed by atoms with Gasteiger partial charge in [0.1, 0.15) is 17.8 Å². The fraction of sp³-hybridized carbons (Fsp3) is 0.444. The number of hydrogen-bond acceptors (Lipinski definition) is 9. The topological polar surface area (TPSA) is 221 Å². The minimum absolute atomic E-state index is 0.0159. The summed E-state index contributed by atoms with van der Waals surface area (Å²) in [5.74, 6) is -2.37. The number of aromatic amines is 1. The molecule has 59 heavy (non-hydrogen) atoms. The normalized spacial score (nSPS) is 17.5. The van der Waals surface area contributed by atoms with Crippen LogP contribution in [0.1, 0.15) is 82.3 Å². The van der Waals surface area contributed by atoms with Crippen LogP contribution in [0.2, 0.25) is 0 Å². The second kappa shape index (κ2) is 23.1. The van der Waals surface area contributed by atoms with E-state index in [0.29, 0.717) is 22.3 Å². The molecule has 0 saturated heterocycles. The van der Waals surface area contributed by atoms with Crippen LogP contribution in [0.15, 0.2) is 90.8 Å². The molecular weight excluding hydrogens is 751 g/mol. The highest BCUT2D eigenvalue weighted by molar-refractivity contribution is 6.00. The van der Waals surface area contributed by atoms with Crippen LogP contribution >= 0.6 is 0 Å². The van der Waals surface area contributed by atoms with E-state index in [2.05, 4.69) is 44.2 Å². The van der Waals surface area contributed by atoms with Gasteiger partial charge in [0.05, 0.1) is 42.2 Å². The number of carbonyl (C=O) groups is 4. The number of fused-ring (bicyclic) bond motifs is 1. The number of rotatable bonds is 20. The number of allylic oxidation sites excluding steroid dienone is 1. The van der Waals surface area contributed by atoms with Gasteiger partial charge in [-0.1, -0.05) is 81.1 Å². The van der Waals surface area contributed by atoms with Crippen molar-refractivity contribution in [2.45, 2.75) is 114 Å². The predicted octanol–water partition coefficient (Wildman–Crippen LogP) is 4.71. The summed E-state index contributed by atoms with van der Waals surface area (Å²) in [5.41, 5.74) is 10.1. The van der Waals surface area contributed by atoms with E-state index in [0.717, 1.165) is 44.1 Å². The van der Waals surface area contributed by atoms with E-state index < -0.39 is 47.9 Å². The maximum absolute atomic E-state index is 14.2. The number of hydrogen-bond donors (Lipinski definition) is 8. The monoisotopic (exact) mass is 809 g/mol. The first-order valence-corrected chi connectivity index (χ1v) is 20.7. The molecule has 5 rings (SSSR count). The van der Waals surface area contributed by atoms with E-state index in [1.807, 2.05) is 30.3 Å². The number of amides is 4. The number of aliphatic hydroxyl groups is 1. The number of nitrogens with one attached hydrogen (secondary N) is 5. The van der Waals surface area contributed by atoms with Crippen LogP contribution in [0.5, 0.6) is 5.75 Å². The fourth-order valence-electron chi connectivity index (χ4n) is 7.31. The molecular formula is C45H59N7O7. The van der Waals surface area contributed by atoms with Crippen molar-refractivity contribution in [2.24, 2.45) is 5.73 Å². The summed E-state index contributed by atoms with van der Waals surface area (Å²) < 4.78 is 6.33. The third-order valence-corrected chi connectivity index (χ3v) is 10.5. The molecule has 3 aromatic carbocycles. The van der Waals surface area contributed by atoms with Gasteiger partial charge in [0, 0.05) is 25.1 Å². The van der Waals surface area contributed by atoms with Crippen molar-refractivity contribution in [1.82, 2.24) is 25.9 Å². The molecule has 0 radical (unpaired) electrons. The highest BCUT2D eigenvalue weighted by Crippen LogP contribution is 2.25. The first-order valence-electron chi connectivity index (χ1n) is 20.7. The number of aromatic nitrogens is 2. The van der Waals surface area contributed by atoms with Crippen LogP contribution in [0.3, 0.4) is 0 Å². The van der Waals surface area contributed by atoms with Crippen molar-refractivity contribution in [3.8, 4) is 5.75 Å². The Kier molecular flexibility index (Phi) is 17.5. The van der Waals surface area contributed by atoms with Crippen molar-refractivity contribution >= 4 is 40.3 Å². The Morgan fingerprint density at radius 1 is 0.881 bits per heavy atom. The van der Waals surface area contributed by atoms with Gasteiger partial charge in [-0.05, 0) is 85.6 Å². The molecule has 1 saturated carbocycles. The van der Waals surface area contributed by atoms with Crippen molar-refractivity contribution in [1.29, 1.82) is 0 Å². The number of nitrogens with two attached hydrogens (primary N) is 1. The van der Waals surface area contributed by atoms with Gasteiger partial charge < -0.3 is 46.9 Å². The van der Waals surface area contributed by atoms with E-state index in [4.69, 9.17) is 10.5 Å². The summed E-state index contributed by atoms with van der Waals surface area (Å²) in [6.45, 7) is 2.27. The third kappa shape index (κ3) is 14.6. The molecule has 4 amide bonds. The average molecular weight is 810 g/mol. The molecule has 9 N–H and O–H groups in total. The number of benzene rings is 3. The van der Waals surface area contributed by atoms with E-state index in [1.54, 1.807) is 30.3 Å². The third-order valence-electron chi connectivity index (χ3n) is 10.5. The second-order valence-electron chi connectivity index (χ2n) is 15.2. The summed E-state index contributed by atoms with van der Waals surface area (Å²) in [5, 5.41) is 32.7. The lowest BCUT2D eigenvalue weighted by atomic mass is 9.99. The van der Waals surface area contributed by atoms with Crippen molar-refractivity contribution < 1.29 is 34.1 Å². The van der Waals surface area contributed by atoms with Gasteiger partial charge in [-0.15, -0.1) is 0 Å². The van der Waals surface area contributed by atoms with Crippen LogP contribution in [0, 0.1) is 0 Å². The molecule has 1 fully saturated rings. The summed E-state index contributed by atoms with van der Waals surface area (Å²) in [7, 11) is 0. The fourth-order valence-corrected chi connectivity index (χ4v) is 7.31. The van der Waals surface area contributed by atoms with Gasteiger partial charge in [-0.3, -0.25) is 19.2 Å². The highest BCUT2D eigenvalue weighted by Gasteiger charge is 2.30. The number of phenolic OH excluding ortho intramolecular Hbond substituents is 1. The van der Waals surface area contributed by atoms with Crippen LogP contribution < -0.4 is 27.0 Å². The van der Waals surface area contributed by atoms with E-state index in [1.165, 1.54) is 36.9 Å². The molecule has 5 unspecified atom stereocenters. The number of ether oxygens (including phenoxy) is 1. The van der Waals surface area contributed by atoms with Crippen LogP contribution in [-0.4, -0.2) is 87.3 Å². The van der Waals surface area contributed by atoms with Crippen LogP contribution in [-0.2, 0) is 36.8 Å². The minimum Gasteiger partial charge on any atom is -0.508 e. The minimum atomic E-state index is -1.19. The summed E-state index contributed by atoms with van der Waals surface area (Å²) in [6, 6.07) is 17.5. The van der Waals surface area contributed by atoms with Crippen molar-refractivity contribution in [3.63, 3.8) is 0 Å². The number of imidazole rings is 1. The lowest BCUT2D eigenvalue weighted by Gasteiger charge is -2.27. The van der Waals surface area contributed by atoms with Gasteiger partial charge in [-0.2, -0.15) is 0 Å². The molecule has 4 aromatic rings.